The van der Waals surface area contributed by atoms with Crippen LogP contribution in [-0.2, 0) is 4.79 Å². The zero-order valence-corrected chi connectivity index (χ0v) is 16.0. The van der Waals surface area contributed by atoms with Crippen molar-refractivity contribution in [3.63, 3.8) is 0 Å². The quantitative estimate of drug-likeness (QED) is 0.255. The molecule has 0 aliphatic heterocycles. The van der Waals surface area contributed by atoms with Crippen LogP contribution in [0.15, 0.2) is 12.2 Å². The van der Waals surface area contributed by atoms with E-state index in [0.29, 0.717) is 18.9 Å². The van der Waals surface area contributed by atoms with Gasteiger partial charge < -0.3 is 10.8 Å². The number of hydrogen-bond donors (Lipinski definition) is 2. The minimum atomic E-state index is -0.168. The summed E-state index contributed by atoms with van der Waals surface area (Å²) in [5.74, 6) is 0.304. The molecule has 0 saturated carbocycles. The second-order valence-electron chi connectivity index (χ2n) is 7.23. The van der Waals surface area contributed by atoms with E-state index < -0.39 is 0 Å². The fourth-order valence-electron chi connectivity index (χ4n) is 2.88. The summed E-state index contributed by atoms with van der Waals surface area (Å²) in [6.45, 7) is 2.45. The lowest BCUT2D eigenvalue weighted by Crippen LogP contribution is -2.09. The highest BCUT2D eigenvalue weighted by molar-refractivity contribution is 5.73. The summed E-state index contributed by atoms with van der Waals surface area (Å²) in [5.41, 5.74) is 5.12. The first kappa shape index (κ1) is 23.2. The number of allylic oxidation sites excluding steroid dienone is 2. The molecule has 1 atom stereocenters. The summed E-state index contributed by atoms with van der Waals surface area (Å²) in [6.07, 6.45) is 22.6. The molecular formula is C21H41NO2. The Kier molecular flexibility index (Phi) is 17.9. The van der Waals surface area contributed by atoms with E-state index >= 15 is 0 Å². The van der Waals surface area contributed by atoms with Gasteiger partial charge in [0.15, 0.2) is 0 Å². The van der Waals surface area contributed by atoms with E-state index in [9.17, 15) is 4.79 Å². The molecule has 0 aliphatic rings. The SMILES string of the molecule is CC(CO)CCCCCC/C=C\CCCCCCCCCC(N)=O. The van der Waals surface area contributed by atoms with Crippen LogP contribution in [0, 0.1) is 5.92 Å². The zero-order valence-electron chi connectivity index (χ0n) is 16.0. The van der Waals surface area contributed by atoms with E-state index in [4.69, 9.17) is 10.8 Å². The van der Waals surface area contributed by atoms with Crippen molar-refractivity contribution < 1.29 is 9.90 Å². The lowest BCUT2D eigenvalue weighted by Gasteiger charge is -2.06. The van der Waals surface area contributed by atoms with Gasteiger partial charge in [0.05, 0.1) is 0 Å². The smallest absolute Gasteiger partial charge is 0.217 e. The van der Waals surface area contributed by atoms with E-state index in [1.165, 1.54) is 70.6 Å². The van der Waals surface area contributed by atoms with Crippen LogP contribution in [0.5, 0.6) is 0 Å². The van der Waals surface area contributed by atoms with Crippen molar-refractivity contribution >= 4 is 5.91 Å². The van der Waals surface area contributed by atoms with Gasteiger partial charge in [0.2, 0.25) is 5.91 Å². The van der Waals surface area contributed by atoms with Gasteiger partial charge in [-0.1, -0.05) is 70.4 Å². The number of aliphatic hydroxyl groups is 1. The molecule has 3 N–H and O–H groups in total. The first-order chi connectivity index (χ1) is 11.7. The summed E-state index contributed by atoms with van der Waals surface area (Å²) in [4.78, 5) is 10.6. The summed E-state index contributed by atoms with van der Waals surface area (Å²) < 4.78 is 0. The summed E-state index contributed by atoms with van der Waals surface area (Å²) in [7, 11) is 0. The van der Waals surface area contributed by atoms with Crippen LogP contribution >= 0.6 is 0 Å². The monoisotopic (exact) mass is 339 g/mol. The number of aliphatic hydroxyl groups excluding tert-OH is 1. The van der Waals surface area contributed by atoms with Gasteiger partial charge in [-0.25, -0.2) is 0 Å². The Labute approximate surface area is 150 Å². The fourth-order valence-corrected chi connectivity index (χ4v) is 2.88. The molecule has 24 heavy (non-hydrogen) atoms. The number of rotatable bonds is 18. The molecule has 0 fully saturated rings. The number of primary amides is 1. The van der Waals surface area contributed by atoms with Crippen LogP contribution in [0.3, 0.4) is 0 Å². The Bertz CT molecular complexity index is 302. The number of unbranched alkanes of at least 4 members (excludes halogenated alkanes) is 11. The van der Waals surface area contributed by atoms with Gasteiger partial charge in [-0.05, 0) is 44.4 Å². The van der Waals surface area contributed by atoms with Crippen LogP contribution in [0.1, 0.15) is 103 Å². The Morgan fingerprint density at radius 2 is 1.29 bits per heavy atom. The molecule has 0 aromatic rings. The van der Waals surface area contributed by atoms with Crippen LogP contribution in [0.2, 0.25) is 0 Å². The number of carbonyl (C=O) groups excluding carboxylic acids is 1. The van der Waals surface area contributed by atoms with Crippen LogP contribution < -0.4 is 5.73 Å². The third kappa shape index (κ3) is 19.2. The van der Waals surface area contributed by atoms with Crippen molar-refractivity contribution in [2.75, 3.05) is 6.61 Å². The van der Waals surface area contributed by atoms with Crippen molar-refractivity contribution in [2.24, 2.45) is 11.7 Å². The highest BCUT2D eigenvalue weighted by Crippen LogP contribution is 2.12. The summed E-state index contributed by atoms with van der Waals surface area (Å²) >= 11 is 0. The average Bonchev–Trinajstić information content (AvgIpc) is 2.57. The van der Waals surface area contributed by atoms with Crippen LogP contribution in [0.25, 0.3) is 0 Å². The van der Waals surface area contributed by atoms with Crippen molar-refractivity contribution in [2.45, 2.75) is 103 Å². The van der Waals surface area contributed by atoms with E-state index in [2.05, 4.69) is 19.1 Å². The molecule has 0 aromatic carbocycles. The largest absolute Gasteiger partial charge is 0.396 e. The van der Waals surface area contributed by atoms with Crippen molar-refractivity contribution in [1.29, 1.82) is 0 Å². The van der Waals surface area contributed by atoms with E-state index in [-0.39, 0.29) is 5.91 Å². The van der Waals surface area contributed by atoms with E-state index in [1.54, 1.807) is 0 Å². The minimum absolute atomic E-state index is 0.168. The van der Waals surface area contributed by atoms with Gasteiger partial charge in [-0.2, -0.15) is 0 Å². The molecule has 0 aromatic heterocycles. The van der Waals surface area contributed by atoms with E-state index in [1.807, 2.05) is 0 Å². The molecule has 0 spiro atoms. The highest BCUT2D eigenvalue weighted by atomic mass is 16.3. The van der Waals surface area contributed by atoms with Gasteiger partial charge in [0.1, 0.15) is 0 Å². The van der Waals surface area contributed by atoms with Crippen molar-refractivity contribution in [1.82, 2.24) is 0 Å². The van der Waals surface area contributed by atoms with Gasteiger partial charge >= 0.3 is 0 Å². The average molecular weight is 340 g/mol. The Hall–Kier alpha value is -0.830. The van der Waals surface area contributed by atoms with Gasteiger partial charge in [0, 0.05) is 13.0 Å². The topological polar surface area (TPSA) is 63.3 Å². The van der Waals surface area contributed by atoms with Gasteiger partial charge in [0.25, 0.3) is 0 Å². The second-order valence-corrected chi connectivity index (χ2v) is 7.23. The van der Waals surface area contributed by atoms with Gasteiger partial charge in [-0.3, -0.25) is 4.79 Å². The molecule has 0 saturated heterocycles. The van der Waals surface area contributed by atoms with Crippen molar-refractivity contribution in [3.05, 3.63) is 12.2 Å². The maximum Gasteiger partial charge on any atom is 0.217 e. The predicted molar refractivity (Wildman–Crippen MR) is 104 cm³/mol. The summed E-state index contributed by atoms with van der Waals surface area (Å²) in [6, 6.07) is 0. The molecule has 3 nitrogen and oxygen atoms in total. The number of amides is 1. The number of nitrogens with two attached hydrogens (primary N) is 1. The van der Waals surface area contributed by atoms with Crippen LogP contribution in [-0.4, -0.2) is 17.6 Å². The third-order valence-electron chi connectivity index (χ3n) is 4.59. The first-order valence-electron chi connectivity index (χ1n) is 10.2. The van der Waals surface area contributed by atoms with Crippen LogP contribution in [0.4, 0.5) is 0 Å². The summed E-state index contributed by atoms with van der Waals surface area (Å²) in [5, 5.41) is 8.95. The lowest BCUT2D eigenvalue weighted by atomic mass is 10.0. The molecule has 0 heterocycles. The fraction of sp³-hybridized carbons (Fsp3) is 0.857. The predicted octanol–water partition coefficient (Wildman–Crippen LogP) is 5.51. The van der Waals surface area contributed by atoms with Crippen molar-refractivity contribution in [3.8, 4) is 0 Å². The Morgan fingerprint density at radius 1 is 0.833 bits per heavy atom. The molecule has 3 heteroatoms. The molecule has 0 bridgehead atoms. The maximum atomic E-state index is 10.6. The molecule has 142 valence electrons. The lowest BCUT2D eigenvalue weighted by molar-refractivity contribution is -0.118. The molecule has 1 unspecified atom stereocenters. The number of hydrogen-bond acceptors (Lipinski definition) is 2. The molecule has 0 aliphatic carbocycles. The normalized spacial score (nSPS) is 12.8. The first-order valence-corrected chi connectivity index (χ1v) is 10.2. The molecular weight excluding hydrogens is 298 g/mol. The molecule has 0 radical (unpaired) electrons. The second kappa shape index (κ2) is 18.5. The van der Waals surface area contributed by atoms with E-state index in [0.717, 1.165) is 19.3 Å². The highest BCUT2D eigenvalue weighted by Gasteiger charge is 1.98. The Balaban J connectivity index is 3.12. The standard InChI is InChI=1S/C21H41NO2/c1-20(19-23)17-15-13-11-9-7-5-3-2-4-6-8-10-12-14-16-18-21(22)24/h3,5,20,23H,2,4,6-19H2,1H3,(H2,22,24)/b5-3-. The minimum Gasteiger partial charge on any atom is -0.396 e. The molecule has 0 rings (SSSR count). The third-order valence-corrected chi connectivity index (χ3v) is 4.59. The molecule has 1 amide bonds. The number of carbonyl (C=O) groups is 1. The Morgan fingerprint density at radius 3 is 1.79 bits per heavy atom. The maximum absolute atomic E-state index is 10.6. The zero-order chi connectivity index (χ0) is 17.9. The van der Waals surface area contributed by atoms with Gasteiger partial charge in [-0.15, -0.1) is 0 Å².